The van der Waals surface area contributed by atoms with E-state index in [1.807, 2.05) is 35.0 Å². The highest BCUT2D eigenvalue weighted by atomic mass is 16.5. The van der Waals surface area contributed by atoms with Gasteiger partial charge in [0, 0.05) is 44.4 Å². The highest BCUT2D eigenvalue weighted by Crippen LogP contribution is 2.29. The normalized spacial score (nSPS) is 20.1. The lowest BCUT2D eigenvalue weighted by Gasteiger charge is -2.35. The molecule has 2 aliphatic heterocycles. The summed E-state index contributed by atoms with van der Waals surface area (Å²) in [6.07, 6.45) is 6.66. The van der Waals surface area contributed by atoms with Crippen LogP contribution in [-0.4, -0.2) is 54.3 Å². The van der Waals surface area contributed by atoms with E-state index in [9.17, 15) is 4.79 Å². The van der Waals surface area contributed by atoms with Crippen molar-refractivity contribution in [1.82, 2.24) is 9.47 Å². The molecule has 0 atom stereocenters. The third kappa shape index (κ3) is 4.45. The average molecular weight is 371 g/mol. The second-order valence-corrected chi connectivity index (χ2v) is 7.77. The number of nitrogens with two attached hydrogens (primary N) is 1. The van der Waals surface area contributed by atoms with Crippen LogP contribution in [0, 0.1) is 5.92 Å². The fraction of sp³-hybridized carbons (Fsp3) is 0.571. The predicted molar refractivity (Wildman–Crippen MR) is 105 cm³/mol. The molecule has 2 saturated heterocycles. The molecule has 2 N–H and O–H groups in total. The van der Waals surface area contributed by atoms with Gasteiger partial charge in [0.25, 0.3) is 0 Å². The summed E-state index contributed by atoms with van der Waals surface area (Å²) in [5.74, 6) is 1.35. The van der Waals surface area contributed by atoms with Gasteiger partial charge >= 0.3 is 0 Å². The van der Waals surface area contributed by atoms with Crippen LogP contribution in [0.15, 0.2) is 30.5 Å². The van der Waals surface area contributed by atoms with Crippen molar-refractivity contribution in [2.75, 3.05) is 32.8 Å². The summed E-state index contributed by atoms with van der Waals surface area (Å²) in [4.78, 5) is 13.8. The second kappa shape index (κ2) is 8.31. The van der Waals surface area contributed by atoms with E-state index < -0.39 is 0 Å². The maximum absolute atomic E-state index is 11.2. The summed E-state index contributed by atoms with van der Waals surface area (Å²) < 4.78 is 13.7. The average Bonchev–Trinajstić information content (AvgIpc) is 3.08. The minimum atomic E-state index is -0.337. The van der Waals surface area contributed by atoms with Gasteiger partial charge in [-0.25, -0.2) is 0 Å². The van der Waals surface area contributed by atoms with Crippen LogP contribution in [0.5, 0.6) is 5.75 Å². The van der Waals surface area contributed by atoms with Crippen LogP contribution < -0.4 is 10.5 Å². The Kier molecular flexibility index (Phi) is 5.64. The van der Waals surface area contributed by atoms with Gasteiger partial charge in [0.1, 0.15) is 18.4 Å². The van der Waals surface area contributed by atoms with Gasteiger partial charge in [0.2, 0.25) is 5.91 Å². The molecule has 0 aliphatic carbocycles. The number of carbonyl (C=O) groups excluding carboxylic acids is 1. The van der Waals surface area contributed by atoms with Crippen molar-refractivity contribution in [2.45, 2.75) is 38.3 Å². The molecule has 2 aliphatic rings. The van der Waals surface area contributed by atoms with Gasteiger partial charge in [-0.05, 0) is 49.8 Å². The number of primary amides is 1. The summed E-state index contributed by atoms with van der Waals surface area (Å²) in [7, 11) is 0. The van der Waals surface area contributed by atoms with Crippen LogP contribution in [0.1, 0.15) is 25.7 Å². The molecular formula is C21H29N3O3. The number of hydrogen-bond acceptors (Lipinski definition) is 4. The second-order valence-electron chi connectivity index (χ2n) is 7.77. The van der Waals surface area contributed by atoms with Crippen molar-refractivity contribution >= 4 is 16.8 Å². The molecule has 6 heteroatoms. The number of nitrogens with zero attached hydrogens (tertiary/aromatic N) is 2. The minimum absolute atomic E-state index is 0.192. The van der Waals surface area contributed by atoms with Crippen molar-refractivity contribution in [1.29, 1.82) is 0 Å². The van der Waals surface area contributed by atoms with Crippen molar-refractivity contribution < 1.29 is 14.3 Å². The standard InChI is InChI=1S/C21H29N3O3/c22-21(25)15-24-11-6-18-19(24)2-1-3-20(18)27-17-4-9-23(10-5-17)14-16-7-12-26-13-8-16/h1-3,6,11,16-17H,4-5,7-10,12-15H2,(H2,22,25). The van der Waals surface area contributed by atoms with Gasteiger partial charge in [-0.15, -0.1) is 0 Å². The number of carbonyl (C=O) groups is 1. The van der Waals surface area contributed by atoms with Crippen LogP contribution in [-0.2, 0) is 16.1 Å². The first kappa shape index (κ1) is 18.3. The number of likely N-dealkylation sites (tertiary alicyclic amines) is 1. The molecule has 146 valence electrons. The zero-order valence-corrected chi connectivity index (χ0v) is 15.8. The number of benzene rings is 1. The van der Waals surface area contributed by atoms with Gasteiger partial charge in [0.05, 0.1) is 5.52 Å². The Bertz CT molecular complexity index is 774. The maximum Gasteiger partial charge on any atom is 0.237 e. The van der Waals surface area contributed by atoms with E-state index in [1.54, 1.807) is 0 Å². The molecule has 1 aromatic carbocycles. The van der Waals surface area contributed by atoms with E-state index >= 15 is 0 Å². The van der Waals surface area contributed by atoms with E-state index in [1.165, 1.54) is 19.4 Å². The molecule has 2 aromatic rings. The Balaban J connectivity index is 1.35. The molecule has 4 rings (SSSR count). The summed E-state index contributed by atoms with van der Waals surface area (Å²) >= 11 is 0. The number of amides is 1. The quantitative estimate of drug-likeness (QED) is 0.847. The first-order valence-corrected chi connectivity index (χ1v) is 10.0. The highest BCUT2D eigenvalue weighted by Gasteiger charge is 2.24. The molecule has 0 saturated carbocycles. The van der Waals surface area contributed by atoms with Gasteiger partial charge < -0.3 is 24.7 Å². The van der Waals surface area contributed by atoms with Gasteiger partial charge in [-0.3, -0.25) is 4.79 Å². The van der Waals surface area contributed by atoms with Crippen molar-refractivity contribution in [3.05, 3.63) is 30.5 Å². The summed E-state index contributed by atoms with van der Waals surface area (Å²) in [5.41, 5.74) is 6.33. The first-order valence-electron chi connectivity index (χ1n) is 10.0. The predicted octanol–water partition coefficient (Wildman–Crippen LogP) is 2.40. The molecular weight excluding hydrogens is 342 g/mol. The van der Waals surface area contributed by atoms with Crippen molar-refractivity contribution in [2.24, 2.45) is 11.7 Å². The monoisotopic (exact) mass is 371 g/mol. The topological polar surface area (TPSA) is 69.7 Å². The van der Waals surface area contributed by atoms with Gasteiger partial charge in [-0.1, -0.05) is 6.07 Å². The molecule has 6 nitrogen and oxygen atoms in total. The van der Waals surface area contributed by atoms with Crippen molar-refractivity contribution in [3.8, 4) is 5.75 Å². The maximum atomic E-state index is 11.2. The minimum Gasteiger partial charge on any atom is -0.490 e. The lowest BCUT2D eigenvalue weighted by molar-refractivity contribution is -0.118. The van der Waals surface area contributed by atoms with Crippen LogP contribution in [0.2, 0.25) is 0 Å². The Morgan fingerprint density at radius 3 is 2.67 bits per heavy atom. The van der Waals surface area contributed by atoms with Crippen LogP contribution in [0.3, 0.4) is 0 Å². The summed E-state index contributed by atoms with van der Waals surface area (Å²) in [5, 5.41) is 1.04. The Hall–Kier alpha value is -2.05. The van der Waals surface area contributed by atoms with E-state index in [0.717, 1.165) is 61.7 Å². The SMILES string of the molecule is NC(=O)Cn1ccc2c(OC3CCN(CC4CCOCC4)CC3)cccc21. The molecule has 1 amide bonds. The van der Waals surface area contributed by atoms with Crippen LogP contribution in [0.25, 0.3) is 10.9 Å². The molecule has 0 spiro atoms. The third-order valence-corrected chi connectivity index (χ3v) is 5.79. The number of rotatable bonds is 6. The first-order chi connectivity index (χ1) is 13.2. The molecule has 27 heavy (non-hydrogen) atoms. The molecule has 1 aromatic heterocycles. The smallest absolute Gasteiger partial charge is 0.237 e. The molecule has 2 fully saturated rings. The fourth-order valence-electron chi connectivity index (χ4n) is 4.29. The fourth-order valence-corrected chi connectivity index (χ4v) is 4.29. The third-order valence-electron chi connectivity index (χ3n) is 5.79. The lowest BCUT2D eigenvalue weighted by atomic mass is 9.98. The number of piperidine rings is 1. The Morgan fingerprint density at radius 2 is 1.93 bits per heavy atom. The Morgan fingerprint density at radius 1 is 1.15 bits per heavy atom. The lowest BCUT2D eigenvalue weighted by Crippen LogP contribution is -2.41. The van der Waals surface area contributed by atoms with E-state index in [2.05, 4.69) is 4.90 Å². The number of fused-ring (bicyclic) bond motifs is 1. The van der Waals surface area contributed by atoms with Crippen LogP contribution >= 0.6 is 0 Å². The molecule has 0 radical (unpaired) electrons. The van der Waals surface area contributed by atoms with Crippen molar-refractivity contribution in [3.63, 3.8) is 0 Å². The van der Waals surface area contributed by atoms with Crippen LogP contribution in [0.4, 0.5) is 0 Å². The summed E-state index contributed by atoms with van der Waals surface area (Å²) in [6, 6.07) is 8.01. The van der Waals surface area contributed by atoms with E-state index in [-0.39, 0.29) is 18.6 Å². The highest BCUT2D eigenvalue weighted by molar-refractivity contribution is 5.87. The largest absolute Gasteiger partial charge is 0.490 e. The molecule has 0 bridgehead atoms. The Labute approximate surface area is 160 Å². The van der Waals surface area contributed by atoms with E-state index in [4.69, 9.17) is 15.2 Å². The van der Waals surface area contributed by atoms with Gasteiger partial charge in [0.15, 0.2) is 0 Å². The van der Waals surface area contributed by atoms with E-state index in [0.29, 0.717) is 0 Å². The molecule has 3 heterocycles. The number of aromatic nitrogens is 1. The molecule has 0 unspecified atom stereocenters. The zero-order valence-electron chi connectivity index (χ0n) is 15.8. The zero-order chi connectivity index (χ0) is 18.6. The van der Waals surface area contributed by atoms with Gasteiger partial charge in [-0.2, -0.15) is 0 Å². The number of ether oxygens (including phenoxy) is 2. The number of hydrogen-bond donors (Lipinski definition) is 1. The summed E-state index contributed by atoms with van der Waals surface area (Å²) in [6.45, 7) is 5.42.